The largest absolute Gasteiger partial charge is 0.344 e. The summed E-state index contributed by atoms with van der Waals surface area (Å²) in [4.78, 5) is 19.5. The van der Waals surface area contributed by atoms with Crippen molar-refractivity contribution in [1.82, 2.24) is 4.98 Å². The number of carbonyl (C=O) groups is 1. The van der Waals surface area contributed by atoms with E-state index in [0.717, 1.165) is 16.8 Å². The molecule has 122 valence electrons. The predicted octanol–water partition coefficient (Wildman–Crippen LogP) is 3.47. The topological polar surface area (TPSA) is 51.7 Å². The molecule has 0 N–H and O–H groups in total. The molecule has 0 atom stereocenters. The smallest absolute Gasteiger partial charge is 0.269 e. The van der Waals surface area contributed by atoms with Gasteiger partial charge in [-0.3, -0.25) is 4.79 Å². The maximum atomic E-state index is 12.8. The molecule has 1 fully saturated rings. The maximum Gasteiger partial charge on any atom is 0.269 e. The van der Waals surface area contributed by atoms with Crippen LogP contribution in [0.15, 0.2) is 24.4 Å². The van der Waals surface area contributed by atoms with Crippen LogP contribution in [0.4, 0.5) is 5.69 Å². The molecule has 2 heterocycles. The summed E-state index contributed by atoms with van der Waals surface area (Å²) in [6.07, 6.45) is 1.18. The lowest BCUT2D eigenvalue weighted by Crippen LogP contribution is -2.30. The Bertz CT molecular complexity index is 687. The molecule has 0 bridgehead atoms. The first-order valence-corrected chi connectivity index (χ1v) is 8.49. The molecule has 1 aromatic heterocycles. The zero-order chi connectivity index (χ0) is 16.4. The van der Waals surface area contributed by atoms with Crippen LogP contribution in [0.25, 0.3) is 0 Å². The summed E-state index contributed by atoms with van der Waals surface area (Å²) in [7, 11) is 0. The van der Waals surface area contributed by atoms with Gasteiger partial charge in [-0.2, -0.15) is 0 Å². The molecule has 1 saturated heterocycles. The van der Waals surface area contributed by atoms with E-state index < -0.39 is 6.29 Å². The fraction of sp³-hybridized carbons (Fsp3) is 0.412. The number of carbonyl (C=O) groups excluding carboxylic acids is 1. The molecular formula is C17H20N2O3S. The van der Waals surface area contributed by atoms with Crippen molar-refractivity contribution < 1.29 is 14.3 Å². The predicted molar refractivity (Wildman–Crippen MR) is 90.0 cm³/mol. The molecule has 3 rings (SSSR count). The number of benzene rings is 1. The Morgan fingerprint density at radius 3 is 2.52 bits per heavy atom. The van der Waals surface area contributed by atoms with Crippen LogP contribution in [-0.4, -0.2) is 30.6 Å². The normalized spacial score (nSPS) is 15.1. The number of hydrogen-bond acceptors (Lipinski definition) is 5. The van der Waals surface area contributed by atoms with E-state index in [1.807, 2.05) is 32.9 Å². The maximum absolute atomic E-state index is 12.8. The van der Waals surface area contributed by atoms with Crippen LogP contribution < -0.4 is 4.90 Å². The fourth-order valence-electron chi connectivity index (χ4n) is 2.68. The molecule has 0 unspecified atom stereocenters. The van der Waals surface area contributed by atoms with Gasteiger partial charge in [-0.05, 0) is 44.0 Å². The van der Waals surface area contributed by atoms with Gasteiger partial charge in [0, 0.05) is 12.2 Å². The molecule has 1 amide bonds. The van der Waals surface area contributed by atoms with Gasteiger partial charge in [0.1, 0.15) is 9.88 Å². The van der Waals surface area contributed by atoms with Gasteiger partial charge in [0.25, 0.3) is 5.91 Å². The summed E-state index contributed by atoms with van der Waals surface area (Å²) in [5, 5.41) is 0.697. The van der Waals surface area contributed by atoms with Gasteiger partial charge in [0.2, 0.25) is 6.29 Å². The SMILES string of the molecule is CCN(C(=O)c1cnc(C2OCCO2)s1)c1cc(C)cc(C)c1. The molecular weight excluding hydrogens is 312 g/mol. The number of hydrogen-bond donors (Lipinski definition) is 0. The highest BCUT2D eigenvalue weighted by Gasteiger charge is 2.25. The number of aryl methyl sites for hydroxylation is 2. The van der Waals surface area contributed by atoms with E-state index in [-0.39, 0.29) is 5.91 Å². The second-order valence-corrected chi connectivity index (χ2v) is 6.59. The van der Waals surface area contributed by atoms with E-state index in [9.17, 15) is 4.79 Å². The number of rotatable bonds is 4. The van der Waals surface area contributed by atoms with Crippen molar-refractivity contribution in [2.24, 2.45) is 0 Å². The summed E-state index contributed by atoms with van der Waals surface area (Å²) in [6, 6.07) is 6.15. The monoisotopic (exact) mass is 332 g/mol. The Hall–Kier alpha value is -1.76. The van der Waals surface area contributed by atoms with Gasteiger partial charge in [0.15, 0.2) is 0 Å². The average molecular weight is 332 g/mol. The van der Waals surface area contributed by atoms with E-state index in [4.69, 9.17) is 9.47 Å². The summed E-state index contributed by atoms with van der Waals surface area (Å²) < 4.78 is 10.9. The molecule has 1 aliphatic heterocycles. The molecule has 5 nitrogen and oxygen atoms in total. The highest BCUT2D eigenvalue weighted by Crippen LogP contribution is 2.29. The zero-order valence-electron chi connectivity index (χ0n) is 13.5. The van der Waals surface area contributed by atoms with E-state index in [1.54, 1.807) is 11.1 Å². The average Bonchev–Trinajstić information content (AvgIpc) is 3.18. The Balaban J connectivity index is 1.84. The Kier molecular flexibility index (Phi) is 4.75. The summed E-state index contributed by atoms with van der Waals surface area (Å²) in [5.41, 5.74) is 3.20. The molecule has 1 aromatic carbocycles. The highest BCUT2D eigenvalue weighted by atomic mass is 32.1. The lowest BCUT2D eigenvalue weighted by molar-refractivity contribution is -0.0442. The highest BCUT2D eigenvalue weighted by molar-refractivity contribution is 7.13. The zero-order valence-corrected chi connectivity index (χ0v) is 14.4. The number of ether oxygens (including phenoxy) is 2. The number of anilines is 1. The van der Waals surface area contributed by atoms with Gasteiger partial charge in [-0.1, -0.05) is 6.07 Å². The summed E-state index contributed by atoms with van der Waals surface area (Å²) in [5.74, 6) is -0.0424. The van der Waals surface area contributed by atoms with E-state index in [1.165, 1.54) is 11.3 Å². The lowest BCUT2D eigenvalue weighted by atomic mass is 10.1. The van der Waals surface area contributed by atoms with Gasteiger partial charge in [-0.25, -0.2) is 4.98 Å². The lowest BCUT2D eigenvalue weighted by Gasteiger charge is -2.21. The van der Waals surface area contributed by atoms with Crippen LogP contribution in [0.2, 0.25) is 0 Å². The Morgan fingerprint density at radius 2 is 1.91 bits per heavy atom. The third kappa shape index (κ3) is 3.44. The van der Waals surface area contributed by atoms with Crippen LogP contribution in [0.5, 0.6) is 0 Å². The number of thiazole rings is 1. The minimum Gasteiger partial charge on any atom is -0.344 e. The minimum absolute atomic E-state index is 0.0424. The van der Waals surface area contributed by atoms with Gasteiger partial charge >= 0.3 is 0 Å². The van der Waals surface area contributed by atoms with Gasteiger partial charge < -0.3 is 14.4 Å². The van der Waals surface area contributed by atoms with Gasteiger partial charge in [-0.15, -0.1) is 11.3 Å². The van der Waals surface area contributed by atoms with Crippen molar-refractivity contribution in [3.8, 4) is 0 Å². The molecule has 0 saturated carbocycles. The third-order valence-corrected chi connectivity index (χ3v) is 4.64. The standard InChI is InChI=1S/C17H20N2O3S/c1-4-19(13-8-11(2)7-12(3)9-13)16(20)14-10-18-15(23-14)17-21-5-6-22-17/h7-10,17H,4-6H2,1-3H3. The number of aromatic nitrogens is 1. The molecule has 6 heteroatoms. The molecule has 23 heavy (non-hydrogen) atoms. The quantitative estimate of drug-likeness (QED) is 0.860. The van der Waals surface area contributed by atoms with Crippen LogP contribution >= 0.6 is 11.3 Å². The third-order valence-electron chi connectivity index (χ3n) is 3.64. The number of amides is 1. The summed E-state index contributed by atoms with van der Waals surface area (Å²) in [6.45, 7) is 7.78. The first kappa shape index (κ1) is 16.1. The van der Waals surface area contributed by atoms with Gasteiger partial charge in [0.05, 0.1) is 19.4 Å². The Labute approximate surface area is 139 Å². The first-order valence-electron chi connectivity index (χ1n) is 7.67. The van der Waals surface area contributed by atoms with E-state index >= 15 is 0 Å². The van der Waals surface area contributed by atoms with Crippen molar-refractivity contribution in [2.45, 2.75) is 27.1 Å². The van der Waals surface area contributed by atoms with E-state index in [0.29, 0.717) is 29.6 Å². The second-order valence-electron chi connectivity index (χ2n) is 5.53. The fourth-order valence-corrected chi connectivity index (χ4v) is 3.55. The first-order chi connectivity index (χ1) is 11.1. The molecule has 1 aliphatic rings. The van der Waals surface area contributed by atoms with Crippen molar-refractivity contribution in [2.75, 3.05) is 24.7 Å². The van der Waals surface area contributed by atoms with Crippen molar-refractivity contribution in [1.29, 1.82) is 0 Å². The van der Waals surface area contributed by atoms with Crippen molar-refractivity contribution in [3.05, 3.63) is 45.4 Å². The van der Waals surface area contributed by atoms with Crippen LogP contribution in [0, 0.1) is 13.8 Å². The van der Waals surface area contributed by atoms with Crippen LogP contribution in [0.1, 0.15) is 39.0 Å². The van der Waals surface area contributed by atoms with Crippen LogP contribution in [-0.2, 0) is 9.47 Å². The molecule has 0 radical (unpaired) electrons. The molecule has 0 spiro atoms. The summed E-state index contributed by atoms with van der Waals surface area (Å²) >= 11 is 1.33. The van der Waals surface area contributed by atoms with E-state index in [2.05, 4.69) is 11.1 Å². The second kappa shape index (κ2) is 6.78. The van der Waals surface area contributed by atoms with Crippen molar-refractivity contribution >= 4 is 22.9 Å². The number of nitrogens with zero attached hydrogens (tertiary/aromatic N) is 2. The molecule has 0 aliphatic carbocycles. The minimum atomic E-state index is -0.433. The van der Waals surface area contributed by atoms with Crippen LogP contribution in [0.3, 0.4) is 0 Å². The molecule has 2 aromatic rings. The van der Waals surface area contributed by atoms with Crippen molar-refractivity contribution in [3.63, 3.8) is 0 Å². The Morgan fingerprint density at radius 1 is 1.26 bits per heavy atom.